The van der Waals surface area contributed by atoms with Crippen molar-refractivity contribution in [3.8, 4) is 0 Å². The zero-order chi connectivity index (χ0) is 11.7. The van der Waals surface area contributed by atoms with Gasteiger partial charge in [-0.1, -0.05) is 44.4 Å². The van der Waals surface area contributed by atoms with Gasteiger partial charge in [0.1, 0.15) is 0 Å². The third-order valence-electron chi connectivity index (χ3n) is 4.36. The Balaban J connectivity index is 1.92. The van der Waals surface area contributed by atoms with Crippen LogP contribution in [0.15, 0.2) is 36.5 Å². The molecule has 0 radical (unpaired) electrons. The van der Waals surface area contributed by atoms with Gasteiger partial charge in [0, 0.05) is 17.8 Å². The smallest absolute Gasteiger partial charge is 0.0482 e. The lowest BCUT2D eigenvalue weighted by Gasteiger charge is -2.30. The molecule has 1 fully saturated rings. The van der Waals surface area contributed by atoms with Gasteiger partial charge in [-0.25, -0.2) is 0 Å². The molecule has 0 saturated heterocycles. The standard InChI is InChI=1S/C16H21N/c1-2-13-6-5-8-15(12-13)17-11-10-14-7-3-4-9-16(14)17/h3-4,7,9-11,13,15H,2,5-6,8,12H2,1H3. The highest BCUT2D eigenvalue weighted by Crippen LogP contribution is 2.36. The highest BCUT2D eigenvalue weighted by molar-refractivity contribution is 5.80. The minimum absolute atomic E-state index is 0.730. The van der Waals surface area contributed by atoms with E-state index in [9.17, 15) is 0 Å². The Morgan fingerprint density at radius 3 is 2.94 bits per heavy atom. The minimum Gasteiger partial charge on any atom is -0.344 e. The van der Waals surface area contributed by atoms with Crippen LogP contribution >= 0.6 is 0 Å². The third-order valence-corrected chi connectivity index (χ3v) is 4.36. The van der Waals surface area contributed by atoms with Crippen LogP contribution in [0.5, 0.6) is 0 Å². The molecule has 1 nitrogen and oxygen atoms in total. The first-order valence-corrected chi connectivity index (χ1v) is 6.94. The summed E-state index contributed by atoms with van der Waals surface area (Å²) in [7, 11) is 0. The molecule has 17 heavy (non-hydrogen) atoms. The highest BCUT2D eigenvalue weighted by Gasteiger charge is 2.22. The molecule has 2 unspecified atom stereocenters. The first kappa shape index (κ1) is 10.9. The Kier molecular flexibility index (Phi) is 2.92. The van der Waals surface area contributed by atoms with Gasteiger partial charge in [-0.3, -0.25) is 0 Å². The lowest BCUT2D eigenvalue weighted by Crippen LogP contribution is -2.18. The lowest BCUT2D eigenvalue weighted by molar-refractivity contribution is 0.265. The molecule has 0 bridgehead atoms. The van der Waals surface area contributed by atoms with Gasteiger partial charge in [0.25, 0.3) is 0 Å². The second-order valence-corrected chi connectivity index (χ2v) is 5.38. The number of aromatic nitrogens is 1. The molecular weight excluding hydrogens is 206 g/mol. The van der Waals surface area contributed by atoms with Gasteiger partial charge in [-0.2, -0.15) is 0 Å². The van der Waals surface area contributed by atoms with Crippen LogP contribution < -0.4 is 0 Å². The summed E-state index contributed by atoms with van der Waals surface area (Å²) >= 11 is 0. The fourth-order valence-electron chi connectivity index (χ4n) is 3.31. The van der Waals surface area contributed by atoms with Crippen molar-refractivity contribution in [2.75, 3.05) is 0 Å². The van der Waals surface area contributed by atoms with Crippen LogP contribution in [-0.2, 0) is 0 Å². The molecule has 2 atom stereocenters. The van der Waals surface area contributed by atoms with Crippen molar-refractivity contribution < 1.29 is 0 Å². The molecule has 3 rings (SSSR count). The maximum Gasteiger partial charge on any atom is 0.0482 e. The monoisotopic (exact) mass is 227 g/mol. The zero-order valence-electron chi connectivity index (χ0n) is 10.6. The Morgan fingerprint density at radius 1 is 1.18 bits per heavy atom. The quantitative estimate of drug-likeness (QED) is 0.695. The van der Waals surface area contributed by atoms with E-state index in [0.29, 0.717) is 0 Å². The van der Waals surface area contributed by atoms with Crippen molar-refractivity contribution in [2.45, 2.75) is 45.1 Å². The summed E-state index contributed by atoms with van der Waals surface area (Å²) in [6.07, 6.45) is 9.19. The van der Waals surface area contributed by atoms with Crippen molar-refractivity contribution in [3.63, 3.8) is 0 Å². The largest absolute Gasteiger partial charge is 0.344 e. The number of rotatable bonds is 2. The Hall–Kier alpha value is -1.24. The van der Waals surface area contributed by atoms with Crippen LogP contribution in [0, 0.1) is 5.92 Å². The molecule has 1 aromatic heterocycles. The van der Waals surface area contributed by atoms with Gasteiger partial charge < -0.3 is 4.57 Å². The number of para-hydroxylation sites is 1. The van der Waals surface area contributed by atoms with Gasteiger partial charge in [0.15, 0.2) is 0 Å². The van der Waals surface area contributed by atoms with Gasteiger partial charge in [0.2, 0.25) is 0 Å². The summed E-state index contributed by atoms with van der Waals surface area (Å²) < 4.78 is 2.51. The zero-order valence-corrected chi connectivity index (χ0v) is 10.6. The molecule has 0 N–H and O–H groups in total. The normalized spacial score (nSPS) is 25.2. The van der Waals surface area contributed by atoms with Crippen molar-refractivity contribution in [2.24, 2.45) is 5.92 Å². The summed E-state index contributed by atoms with van der Waals surface area (Å²) in [4.78, 5) is 0. The Labute approximate surface area is 103 Å². The van der Waals surface area contributed by atoms with E-state index in [-0.39, 0.29) is 0 Å². The van der Waals surface area contributed by atoms with Gasteiger partial charge in [-0.05, 0) is 36.3 Å². The minimum atomic E-state index is 0.730. The predicted molar refractivity (Wildman–Crippen MR) is 73.2 cm³/mol. The van der Waals surface area contributed by atoms with Crippen LogP contribution in [0.4, 0.5) is 0 Å². The summed E-state index contributed by atoms with van der Waals surface area (Å²) in [5, 5.41) is 1.38. The Morgan fingerprint density at radius 2 is 2.06 bits per heavy atom. The van der Waals surface area contributed by atoms with Crippen LogP contribution in [0.3, 0.4) is 0 Å². The third kappa shape index (κ3) is 1.99. The number of benzene rings is 1. The molecule has 1 aliphatic carbocycles. The van der Waals surface area contributed by atoms with Crippen LogP contribution in [-0.4, -0.2) is 4.57 Å². The van der Waals surface area contributed by atoms with Crippen LogP contribution in [0.2, 0.25) is 0 Å². The number of fused-ring (bicyclic) bond motifs is 1. The van der Waals surface area contributed by atoms with E-state index < -0.39 is 0 Å². The molecule has 0 aliphatic heterocycles. The van der Waals surface area contributed by atoms with E-state index in [0.717, 1.165) is 12.0 Å². The number of hydrogen-bond acceptors (Lipinski definition) is 0. The summed E-state index contributed by atoms with van der Waals surface area (Å²) in [6, 6.07) is 11.7. The van der Waals surface area contributed by atoms with Crippen LogP contribution in [0.25, 0.3) is 10.9 Å². The molecule has 1 aliphatic rings. The average Bonchev–Trinajstić information content (AvgIpc) is 2.82. The number of hydrogen-bond donors (Lipinski definition) is 0. The molecule has 0 amide bonds. The van der Waals surface area contributed by atoms with E-state index in [4.69, 9.17) is 0 Å². The molecular formula is C16H21N. The van der Waals surface area contributed by atoms with Gasteiger partial charge >= 0.3 is 0 Å². The first-order valence-electron chi connectivity index (χ1n) is 6.94. The summed E-state index contributed by atoms with van der Waals surface area (Å²) in [6.45, 7) is 2.33. The second kappa shape index (κ2) is 4.56. The molecule has 1 heterocycles. The SMILES string of the molecule is CCC1CCCC(n2ccc3ccccc32)C1. The lowest BCUT2D eigenvalue weighted by atomic mass is 9.84. The van der Waals surface area contributed by atoms with E-state index in [2.05, 4.69) is 48.0 Å². The van der Waals surface area contributed by atoms with Crippen molar-refractivity contribution in [1.82, 2.24) is 4.57 Å². The molecule has 90 valence electrons. The highest BCUT2D eigenvalue weighted by atomic mass is 15.0. The van der Waals surface area contributed by atoms with E-state index in [1.54, 1.807) is 0 Å². The molecule has 0 spiro atoms. The predicted octanol–water partition coefficient (Wildman–Crippen LogP) is 4.78. The summed E-state index contributed by atoms with van der Waals surface area (Å²) in [5.74, 6) is 0.940. The van der Waals surface area contributed by atoms with E-state index >= 15 is 0 Å². The van der Waals surface area contributed by atoms with Crippen molar-refractivity contribution in [3.05, 3.63) is 36.5 Å². The van der Waals surface area contributed by atoms with E-state index in [1.807, 2.05) is 0 Å². The topological polar surface area (TPSA) is 4.93 Å². The van der Waals surface area contributed by atoms with Gasteiger partial charge in [0.05, 0.1) is 0 Å². The Bertz CT molecular complexity index is 497. The first-order chi connectivity index (χ1) is 8.38. The maximum atomic E-state index is 2.51. The second-order valence-electron chi connectivity index (χ2n) is 5.38. The average molecular weight is 227 g/mol. The molecule has 2 aromatic rings. The molecule has 1 aromatic carbocycles. The maximum absolute atomic E-state index is 2.51. The fourth-order valence-corrected chi connectivity index (χ4v) is 3.31. The molecule has 1 saturated carbocycles. The van der Waals surface area contributed by atoms with Crippen LogP contribution in [0.1, 0.15) is 45.1 Å². The van der Waals surface area contributed by atoms with Crippen molar-refractivity contribution in [1.29, 1.82) is 0 Å². The van der Waals surface area contributed by atoms with Gasteiger partial charge in [-0.15, -0.1) is 0 Å². The molecule has 1 heteroatoms. The van der Waals surface area contributed by atoms with Crippen molar-refractivity contribution >= 4 is 10.9 Å². The number of nitrogens with zero attached hydrogens (tertiary/aromatic N) is 1. The fraction of sp³-hybridized carbons (Fsp3) is 0.500. The summed E-state index contributed by atoms with van der Waals surface area (Å²) in [5.41, 5.74) is 1.41. The van der Waals surface area contributed by atoms with E-state index in [1.165, 1.54) is 43.0 Å².